The van der Waals surface area contributed by atoms with Crippen LogP contribution in [0, 0.1) is 5.41 Å². The molecule has 8 nitrogen and oxygen atoms in total. The van der Waals surface area contributed by atoms with Gasteiger partial charge in [0.2, 0.25) is 11.9 Å². The number of likely N-dealkylation sites (tertiary alicyclic amines) is 1. The summed E-state index contributed by atoms with van der Waals surface area (Å²) in [5.41, 5.74) is 1.06. The van der Waals surface area contributed by atoms with Crippen molar-refractivity contribution >= 4 is 23.6 Å². The lowest BCUT2D eigenvalue weighted by Gasteiger charge is -2.47. The first-order chi connectivity index (χ1) is 12.8. The van der Waals surface area contributed by atoms with Gasteiger partial charge in [-0.15, -0.1) is 0 Å². The van der Waals surface area contributed by atoms with Crippen LogP contribution in [0.5, 0.6) is 0 Å². The molecule has 27 heavy (non-hydrogen) atoms. The second-order valence-corrected chi connectivity index (χ2v) is 7.90. The summed E-state index contributed by atoms with van der Waals surface area (Å²) in [5, 5.41) is 9.06. The lowest BCUT2D eigenvalue weighted by atomic mass is 9.72. The lowest BCUT2D eigenvalue weighted by molar-refractivity contribution is -0.148. The highest BCUT2D eigenvalue weighted by Gasteiger charge is 2.41. The zero-order chi connectivity index (χ0) is 19.6. The third-order valence-electron chi connectivity index (χ3n) is 5.74. The fourth-order valence-corrected chi connectivity index (χ4v) is 4.04. The smallest absolute Gasteiger partial charge is 0.323 e. The average Bonchev–Trinajstić information content (AvgIpc) is 2.64. The standard InChI is InChI=1S/C19H29N5O3/c1-4-14-11-15(21-18(20-14)22(2)3)23-9-7-19(8-10-23)6-5-16(25)24(13-19)12-17(26)27/h11H,4-10,12-13H2,1-3H3,(H,26,27). The minimum Gasteiger partial charge on any atom is -0.480 e. The van der Waals surface area contributed by atoms with Crippen molar-refractivity contribution in [1.82, 2.24) is 14.9 Å². The van der Waals surface area contributed by atoms with Gasteiger partial charge in [-0.3, -0.25) is 9.59 Å². The Kier molecular flexibility index (Phi) is 5.53. The monoisotopic (exact) mass is 375 g/mol. The van der Waals surface area contributed by atoms with E-state index >= 15 is 0 Å². The summed E-state index contributed by atoms with van der Waals surface area (Å²) in [5.74, 6) is 0.696. The molecule has 0 saturated carbocycles. The normalized spacial score (nSPS) is 19.4. The topological polar surface area (TPSA) is 89.9 Å². The highest BCUT2D eigenvalue weighted by Crippen LogP contribution is 2.41. The molecule has 0 radical (unpaired) electrons. The van der Waals surface area contributed by atoms with Crippen molar-refractivity contribution in [3.63, 3.8) is 0 Å². The molecule has 0 aromatic carbocycles. The van der Waals surface area contributed by atoms with Crippen LogP contribution in [0.2, 0.25) is 0 Å². The molecule has 1 amide bonds. The highest BCUT2D eigenvalue weighted by molar-refractivity contribution is 5.82. The van der Waals surface area contributed by atoms with Gasteiger partial charge >= 0.3 is 5.97 Å². The molecule has 0 bridgehead atoms. The maximum absolute atomic E-state index is 12.0. The second-order valence-electron chi connectivity index (χ2n) is 7.90. The number of aromatic nitrogens is 2. The number of nitrogens with zero attached hydrogens (tertiary/aromatic N) is 5. The van der Waals surface area contributed by atoms with Crippen LogP contribution in [-0.2, 0) is 16.0 Å². The number of amides is 1. The summed E-state index contributed by atoms with van der Waals surface area (Å²) in [6, 6.07) is 2.06. The van der Waals surface area contributed by atoms with Crippen LogP contribution in [0.25, 0.3) is 0 Å². The third-order valence-corrected chi connectivity index (χ3v) is 5.74. The lowest BCUT2D eigenvalue weighted by Crippen LogP contribution is -2.52. The molecule has 8 heteroatoms. The second kappa shape index (κ2) is 7.70. The van der Waals surface area contributed by atoms with Gasteiger partial charge in [0, 0.05) is 51.9 Å². The molecular weight excluding hydrogens is 346 g/mol. The maximum atomic E-state index is 12.0. The summed E-state index contributed by atoms with van der Waals surface area (Å²) in [7, 11) is 3.89. The van der Waals surface area contributed by atoms with E-state index in [-0.39, 0.29) is 17.9 Å². The SMILES string of the molecule is CCc1cc(N2CCC3(CCC(=O)N(CC(=O)O)C3)CC2)nc(N(C)C)n1. The number of carboxylic acids is 1. The molecule has 1 aromatic heterocycles. The molecule has 1 spiro atoms. The van der Waals surface area contributed by atoms with Gasteiger partial charge in [0.15, 0.2) is 0 Å². The number of anilines is 2. The van der Waals surface area contributed by atoms with E-state index in [0.29, 0.717) is 13.0 Å². The fourth-order valence-electron chi connectivity index (χ4n) is 4.04. The van der Waals surface area contributed by atoms with Gasteiger partial charge in [0.05, 0.1) is 0 Å². The molecule has 1 aromatic rings. The molecule has 1 N–H and O–H groups in total. The summed E-state index contributed by atoms with van der Waals surface area (Å²) < 4.78 is 0. The van der Waals surface area contributed by atoms with E-state index in [2.05, 4.69) is 22.9 Å². The number of carbonyl (C=O) groups excluding carboxylic acids is 1. The van der Waals surface area contributed by atoms with Crippen LogP contribution in [0.15, 0.2) is 6.07 Å². The first kappa shape index (κ1) is 19.4. The van der Waals surface area contributed by atoms with E-state index in [9.17, 15) is 9.59 Å². The molecule has 2 fully saturated rings. The quantitative estimate of drug-likeness (QED) is 0.832. The van der Waals surface area contributed by atoms with Crippen LogP contribution in [0.4, 0.5) is 11.8 Å². The van der Waals surface area contributed by atoms with E-state index in [0.717, 1.165) is 56.2 Å². The highest BCUT2D eigenvalue weighted by atomic mass is 16.4. The molecule has 2 aliphatic heterocycles. The molecule has 2 saturated heterocycles. The van der Waals surface area contributed by atoms with Crippen molar-refractivity contribution in [2.75, 3.05) is 50.1 Å². The molecule has 3 heterocycles. The zero-order valence-corrected chi connectivity index (χ0v) is 16.4. The summed E-state index contributed by atoms with van der Waals surface area (Å²) in [6.07, 6.45) is 4.05. The molecule has 2 aliphatic rings. The molecule has 0 atom stereocenters. The van der Waals surface area contributed by atoms with Gasteiger partial charge in [-0.05, 0) is 31.1 Å². The van der Waals surface area contributed by atoms with Gasteiger partial charge in [-0.2, -0.15) is 4.98 Å². The Balaban J connectivity index is 1.71. The van der Waals surface area contributed by atoms with E-state index in [1.165, 1.54) is 4.90 Å². The minimum absolute atomic E-state index is 0.0326. The average molecular weight is 375 g/mol. The van der Waals surface area contributed by atoms with Gasteiger partial charge in [-0.1, -0.05) is 6.92 Å². The van der Waals surface area contributed by atoms with Gasteiger partial charge in [-0.25, -0.2) is 4.98 Å². The van der Waals surface area contributed by atoms with E-state index in [1.807, 2.05) is 19.0 Å². The number of hydrogen-bond donors (Lipinski definition) is 1. The summed E-state index contributed by atoms with van der Waals surface area (Å²) >= 11 is 0. The van der Waals surface area contributed by atoms with Crippen molar-refractivity contribution in [3.8, 4) is 0 Å². The number of rotatable bonds is 5. The van der Waals surface area contributed by atoms with E-state index in [4.69, 9.17) is 10.1 Å². The fraction of sp³-hybridized carbons (Fsp3) is 0.684. The minimum atomic E-state index is -0.942. The van der Waals surface area contributed by atoms with Gasteiger partial charge in [0.25, 0.3) is 0 Å². The molecule has 0 aliphatic carbocycles. The van der Waals surface area contributed by atoms with Gasteiger partial charge in [0.1, 0.15) is 12.4 Å². The number of aryl methyl sites for hydroxylation is 1. The third kappa shape index (κ3) is 4.31. The van der Waals surface area contributed by atoms with E-state index in [1.54, 1.807) is 0 Å². The number of carboxylic acid groups (broad SMARTS) is 1. The van der Waals surface area contributed by atoms with Crippen LogP contribution in [0.1, 0.15) is 38.3 Å². The Hall–Kier alpha value is -2.38. The Labute approximate surface area is 160 Å². The summed E-state index contributed by atoms with van der Waals surface area (Å²) in [4.78, 5) is 38.1. The number of hydrogen-bond acceptors (Lipinski definition) is 6. The van der Waals surface area contributed by atoms with Crippen LogP contribution >= 0.6 is 0 Å². The first-order valence-corrected chi connectivity index (χ1v) is 9.62. The maximum Gasteiger partial charge on any atom is 0.323 e. The Morgan fingerprint density at radius 2 is 1.96 bits per heavy atom. The summed E-state index contributed by atoms with van der Waals surface area (Å²) in [6.45, 7) is 4.18. The Morgan fingerprint density at radius 3 is 2.56 bits per heavy atom. The number of piperidine rings is 2. The first-order valence-electron chi connectivity index (χ1n) is 9.62. The van der Waals surface area contributed by atoms with Gasteiger partial charge < -0.3 is 19.8 Å². The van der Waals surface area contributed by atoms with Crippen LogP contribution in [0.3, 0.4) is 0 Å². The van der Waals surface area contributed by atoms with Crippen LogP contribution in [-0.4, -0.2) is 72.1 Å². The number of aliphatic carboxylic acids is 1. The van der Waals surface area contributed by atoms with Crippen molar-refractivity contribution in [2.45, 2.75) is 39.0 Å². The molecular formula is C19H29N5O3. The largest absolute Gasteiger partial charge is 0.480 e. The predicted molar refractivity (Wildman–Crippen MR) is 103 cm³/mol. The van der Waals surface area contributed by atoms with E-state index < -0.39 is 5.97 Å². The zero-order valence-electron chi connectivity index (χ0n) is 16.4. The number of carbonyl (C=O) groups is 2. The Morgan fingerprint density at radius 1 is 1.26 bits per heavy atom. The van der Waals surface area contributed by atoms with Crippen molar-refractivity contribution in [1.29, 1.82) is 0 Å². The van der Waals surface area contributed by atoms with Crippen molar-refractivity contribution in [3.05, 3.63) is 11.8 Å². The predicted octanol–water partition coefficient (Wildman–Crippen LogP) is 1.40. The van der Waals surface area contributed by atoms with Crippen LogP contribution < -0.4 is 9.80 Å². The molecule has 148 valence electrons. The van der Waals surface area contributed by atoms with Crippen molar-refractivity contribution in [2.24, 2.45) is 5.41 Å². The van der Waals surface area contributed by atoms with Crippen molar-refractivity contribution < 1.29 is 14.7 Å². The Bertz CT molecular complexity index is 713. The molecule has 3 rings (SSSR count). The molecule has 0 unspecified atom stereocenters.